The Morgan fingerprint density at radius 2 is 1.67 bits per heavy atom. The van der Waals surface area contributed by atoms with E-state index in [-0.39, 0.29) is 17.6 Å². The molecule has 3 heteroatoms. The molecule has 0 N–H and O–H groups in total. The number of ether oxygens (including phenoxy) is 1. The Labute approximate surface area is 105 Å². The van der Waals surface area contributed by atoms with Gasteiger partial charge in [-0.15, -0.1) is 0 Å². The third kappa shape index (κ3) is 2.86. The van der Waals surface area contributed by atoms with Gasteiger partial charge in [0.1, 0.15) is 23.1 Å². The summed E-state index contributed by atoms with van der Waals surface area (Å²) < 4.78 is 32.0. The van der Waals surface area contributed by atoms with Gasteiger partial charge in [0.2, 0.25) is 0 Å². The topological polar surface area (TPSA) is 9.23 Å². The van der Waals surface area contributed by atoms with Crippen LogP contribution in [0, 0.1) is 11.6 Å². The zero-order chi connectivity index (χ0) is 13.1. The molecule has 0 bridgehead atoms. The lowest BCUT2D eigenvalue weighted by Crippen LogP contribution is -1.94. The monoisotopic (exact) mass is 248 g/mol. The quantitative estimate of drug-likeness (QED) is 0.752. The average Bonchev–Trinajstić information content (AvgIpc) is 2.31. The maximum absolute atomic E-state index is 13.5. The molecule has 0 radical (unpaired) electrons. The molecule has 2 aromatic rings. The van der Waals surface area contributed by atoms with Crippen LogP contribution in [0.5, 0.6) is 11.5 Å². The second kappa shape index (κ2) is 5.17. The van der Waals surface area contributed by atoms with E-state index in [9.17, 15) is 8.78 Å². The Morgan fingerprint density at radius 1 is 0.944 bits per heavy atom. The van der Waals surface area contributed by atoms with E-state index in [2.05, 4.69) is 0 Å². The summed E-state index contributed by atoms with van der Waals surface area (Å²) in [5.41, 5.74) is 0.587. The van der Waals surface area contributed by atoms with Crippen molar-refractivity contribution in [2.24, 2.45) is 0 Å². The summed E-state index contributed by atoms with van der Waals surface area (Å²) in [7, 11) is 0. The molecule has 1 nitrogen and oxygen atoms in total. The van der Waals surface area contributed by atoms with E-state index < -0.39 is 0 Å². The fraction of sp³-hybridized carbons (Fsp3) is 0.200. The van der Waals surface area contributed by atoms with Crippen molar-refractivity contribution in [2.75, 3.05) is 0 Å². The molecular formula is C15H14F2O. The second-order valence-electron chi connectivity index (χ2n) is 4.40. The Morgan fingerprint density at radius 3 is 2.33 bits per heavy atom. The maximum Gasteiger partial charge on any atom is 0.130 e. The third-order valence-electron chi connectivity index (χ3n) is 2.62. The molecule has 0 saturated heterocycles. The van der Waals surface area contributed by atoms with E-state index >= 15 is 0 Å². The van der Waals surface area contributed by atoms with Gasteiger partial charge in [-0.25, -0.2) is 8.78 Å². The van der Waals surface area contributed by atoms with Crippen LogP contribution in [0.2, 0.25) is 0 Å². The lowest BCUT2D eigenvalue weighted by atomic mass is 10.0. The number of hydrogen-bond acceptors (Lipinski definition) is 1. The van der Waals surface area contributed by atoms with Crippen molar-refractivity contribution in [3.63, 3.8) is 0 Å². The van der Waals surface area contributed by atoms with Gasteiger partial charge in [-0.1, -0.05) is 19.9 Å². The fourth-order valence-electron chi connectivity index (χ4n) is 1.69. The molecule has 0 saturated carbocycles. The minimum Gasteiger partial charge on any atom is -0.457 e. The van der Waals surface area contributed by atoms with Crippen molar-refractivity contribution in [1.29, 1.82) is 0 Å². The van der Waals surface area contributed by atoms with E-state index in [0.717, 1.165) is 0 Å². The molecule has 0 unspecified atom stereocenters. The number of halogens is 2. The van der Waals surface area contributed by atoms with Crippen LogP contribution in [0.1, 0.15) is 25.3 Å². The standard InChI is InChI=1S/C15H14F2O/c1-10(2)14-9-13(6-7-15(14)17)18-12-5-3-4-11(16)8-12/h3-10H,1-2H3. The summed E-state index contributed by atoms with van der Waals surface area (Å²) >= 11 is 0. The van der Waals surface area contributed by atoms with Gasteiger partial charge in [-0.3, -0.25) is 0 Å². The first-order chi connectivity index (χ1) is 8.56. The third-order valence-corrected chi connectivity index (χ3v) is 2.62. The highest BCUT2D eigenvalue weighted by molar-refractivity contribution is 5.35. The molecule has 0 aliphatic heterocycles. The first-order valence-corrected chi connectivity index (χ1v) is 5.79. The predicted molar refractivity (Wildman–Crippen MR) is 67.0 cm³/mol. The smallest absolute Gasteiger partial charge is 0.130 e. The Balaban J connectivity index is 2.27. The molecule has 0 spiro atoms. The van der Waals surface area contributed by atoms with Crippen LogP contribution < -0.4 is 4.74 Å². The summed E-state index contributed by atoms with van der Waals surface area (Å²) in [6.45, 7) is 3.81. The molecular weight excluding hydrogens is 234 g/mol. The van der Waals surface area contributed by atoms with Gasteiger partial charge in [-0.2, -0.15) is 0 Å². The molecule has 0 amide bonds. The van der Waals surface area contributed by atoms with Gasteiger partial charge in [0.25, 0.3) is 0 Å². The summed E-state index contributed by atoms with van der Waals surface area (Å²) in [6.07, 6.45) is 0. The predicted octanol–water partition coefficient (Wildman–Crippen LogP) is 4.88. The van der Waals surface area contributed by atoms with E-state index in [1.807, 2.05) is 13.8 Å². The first kappa shape index (κ1) is 12.6. The zero-order valence-electron chi connectivity index (χ0n) is 10.3. The normalized spacial score (nSPS) is 10.7. The van der Waals surface area contributed by atoms with Crippen molar-refractivity contribution in [1.82, 2.24) is 0 Å². The van der Waals surface area contributed by atoms with Crippen LogP contribution in [0.4, 0.5) is 8.78 Å². The molecule has 0 aliphatic rings. The Kier molecular flexibility index (Phi) is 3.60. The fourth-order valence-corrected chi connectivity index (χ4v) is 1.69. The van der Waals surface area contributed by atoms with E-state index in [1.54, 1.807) is 18.2 Å². The Bertz CT molecular complexity index is 550. The number of hydrogen-bond donors (Lipinski definition) is 0. The second-order valence-corrected chi connectivity index (χ2v) is 4.40. The van der Waals surface area contributed by atoms with Crippen LogP contribution in [0.15, 0.2) is 42.5 Å². The van der Waals surface area contributed by atoms with E-state index in [4.69, 9.17) is 4.74 Å². The number of rotatable bonds is 3. The highest BCUT2D eigenvalue weighted by Crippen LogP contribution is 2.27. The minimum absolute atomic E-state index is 0.0704. The lowest BCUT2D eigenvalue weighted by Gasteiger charge is -2.10. The SMILES string of the molecule is CC(C)c1cc(Oc2cccc(F)c2)ccc1F. The molecule has 0 atom stereocenters. The Hall–Kier alpha value is -1.90. The molecule has 0 aliphatic carbocycles. The van der Waals surface area contributed by atoms with Crippen LogP contribution in [-0.4, -0.2) is 0 Å². The molecule has 18 heavy (non-hydrogen) atoms. The van der Waals surface area contributed by atoms with Gasteiger partial charge in [0, 0.05) is 6.07 Å². The first-order valence-electron chi connectivity index (χ1n) is 5.79. The van der Waals surface area contributed by atoms with Crippen molar-refractivity contribution in [2.45, 2.75) is 19.8 Å². The largest absolute Gasteiger partial charge is 0.457 e. The van der Waals surface area contributed by atoms with E-state index in [0.29, 0.717) is 17.1 Å². The van der Waals surface area contributed by atoms with Gasteiger partial charge in [0.05, 0.1) is 0 Å². The maximum atomic E-state index is 13.5. The van der Waals surface area contributed by atoms with Crippen LogP contribution >= 0.6 is 0 Å². The summed E-state index contributed by atoms with van der Waals surface area (Å²) in [4.78, 5) is 0. The highest BCUT2D eigenvalue weighted by atomic mass is 19.1. The van der Waals surface area contributed by atoms with Gasteiger partial charge in [0.15, 0.2) is 0 Å². The van der Waals surface area contributed by atoms with Crippen LogP contribution in [0.3, 0.4) is 0 Å². The molecule has 2 rings (SSSR count). The van der Waals surface area contributed by atoms with Gasteiger partial charge >= 0.3 is 0 Å². The van der Waals surface area contributed by atoms with Crippen molar-refractivity contribution >= 4 is 0 Å². The molecule has 0 fully saturated rings. The van der Waals surface area contributed by atoms with Crippen molar-refractivity contribution in [3.8, 4) is 11.5 Å². The van der Waals surface area contributed by atoms with Crippen LogP contribution in [-0.2, 0) is 0 Å². The molecule has 2 aromatic carbocycles. The van der Waals surface area contributed by atoms with Crippen molar-refractivity contribution in [3.05, 3.63) is 59.7 Å². The molecule has 0 aromatic heterocycles. The zero-order valence-corrected chi connectivity index (χ0v) is 10.3. The summed E-state index contributed by atoms with van der Waals surface area (Å²) in [6, 6.07) is 10.4. The van der Waals surface area contributed by atoms with E-state index in [1.165, 1.54) is 24.3 Å². The summed E-state index contributed by atoms with van der Waals surface area (Å²) in [5.74, 6) is 0.360. The molecule has 94 valence electrons. The lowest BCUT2D eigenvalue weighted by molar-refractivity contribution is 0.472. The van der Waals surface area contributed by atoms with Gasteiger partial charge < -0.3 is 4.74 Å². The average molecular weight is 248 g/mol. The highest BCUT2D eigenvalue weighted by Gasteiger charge is 2.08. The minimum atomic E-state index is -0.362. The summed E-state index contributed by atoms with van der Waals surface area (Å²) in [5, 5.41) is 0. The van der Waals surface area contributed by atoms with Crippen molar-refractivity contribution < 1.29 is 13.5 Å². The van der Waals surface area contributed by atoms with Crippen LogP contribution in [0.25, 0.3) is 0 Å². The van der Waals surface area contributed by atoms with Gasteiger partial charge in [-0.05, 0) is 41.8 Å². The number of benzene rings is 2. The molecule has 0 heterocycles.